The molecule has 3 aliphatic rings. The van der Waals surface area contributed by atoms with Crippen LogP contribution in [0, 0.1) is 0 Å². The third-order valence-corrected chi connectivity index (χ3v) is 6.56. The van der Waals surface area contributed by atoms with Crippen molar-refractivity contribution in [2.75, 3.05) is 13.6 Å². The maximum atomic E-state index is 12.9. The predicted molar refractivity (Wildman–Crippen MR) is 99.6 cm³/mol. The van der Waals surface area contributed by atoms with Crippen molar-refractivity contribution in [1.29, 1.82) is 0 Å². The predicted octanol–water partition coefficient (Wildman–Crippen LogP) is 0.761. The van der Waals surface area contributed by atoms with Crippen LogP contribution in [-0.2, 0) is 22.7 Å². The zero-order valence-corrected chi connectivity index (χ0v) is 15.7. The van der Waals surface area contributed by atoms with Crippen LogP contribution in [0.3, 0.4) is 0 Å². The van der Waals surface area contributed by atoms with Gasteiger partial charge in [0.15, 0.2) is 0 Å². The van der Waals surface area contributed by atoms with E-state index in [9.17, 15) is 14.4 Å². The molecule has 4 rings (SSSR count). The summed E-state index contributed by atoms with van der Waals surface area (Å²) in [6, 6.07) is 5.22. The Morgan fingerprint density at radius 3 is 2.70 bits per heavy atom. The number of hydrogen-bond donors (Lipinski definition) is 2. The van der Waals surface area contributed by atoms with Crippen LogP contribution in [0.4, 0.5) is 0 Å². The first-order chi connectivity index (χ1) is 12.9. The fourth-order valence-electron chi connectivity index (χ4n) is 4.55. The largest absolute Gasteiger partial charge is 0.329 e. The molecule has 0 radical (unpaired) electrons. The van der Waals surface area contributed by atoms with Crippen molar-refractivity contribution in [2.45, 2.75) is 56.8 Å². The van der Waals surface area contributed by atoms with Gasteiger partial charge in [0.2, 0.25) is 11.8 Å². The summed E-state index contributed by atoms with van der Waals surface area (Å²) in [7, 11) is 2.10. The molecule has 27 heavy (non-hydrogen) atoms. The van der Waals surface area contributed by atoms with Gasteiger partial charge >= 0.3 is 0 Å². The van der Waals surface area contributed by atoms with Crippen LogP contribution >= 0.6 is 0 Å². The number of carbonyl (C=O) groups excluding carboxylic acids is 3. The van der Waals surface area contributed by atoms with E-state index >= 15 is 0 Å². The van der Waals surface area contributed by atoms with Crippen molar-refractivity contribution in [3.63, 3.8) is 0 Å². The zero-order chi connectivity index (χ0) is 19.2. The molecule has 7 nitrogen and oxygen atoms in total. The number of benzene rings is 1. The number of nitrogens with zero attached hydrogens (tertiary/aromatic N) is 2. The Labute approximate surface area is 158 Å². The second-order valence-corrected chi connectivity index (χ2v) is 7.98. The molecule has 1 aliphatic carbocycles. The second kappa shape index (κ2) is 6.73. The minimum atomic E-state index is -0.574. The summed E-state index contributed by atoms with van der Waals surface area (Å²) in [5, 5.41) is 2.35. The highest BCUT2D eigenvalue weighted by molar-refractivity contribution is 6.05. The number of rotatable bonds is 5. The fourth-order valence-corrected chi connectivity index (χ4v) is 4.55. The lowest BCUT2D eigenvalue weighted by atomic mass is 9.75. The minimum Gasteiger partial charge on any atom is -0.329 e. The van der Waals surface area contributed by atoms with E-state index in [1.165, 1.54) is 6.42 Å². The first-order valence-electron chi connectivity index (χ1n) is 9.62. The molecule has 1 atom stereocenters. The van der Waals surface area contributed by atoms with Crippen LogP contribution in [-0.4, -0.2) is 52.7 Å². The third-order valence-electron chi connectivity index (χ3n) is 6.56. The first-order valence-corrected chi connectivity index (χ1v) is 9.62. The molecule has 1 saturated heterocycles. The molecule has 3 amide bonds. The monoisotopic (exact) mass is 370 g/mol. The van der Waals surface area contributed by atoms with E-state index in [1.807, 2.05) is 12.1 Å². The van der Waals surface area contributed by atoms with Crippen LogP contribution in [0.2, 0.25) is 0 Å². The molecule has 0 spiro atoms. The molecule has 1 saturated carbocycles. The second-order valence-electron chi connectivity index (χ2n) is 7.98. The number of carbonyl (C=O) groups is 3. The highest BCUT2D eigenvalue weighted by atomic mass is 16.2. The van der Waals surface area contributed by atoms with Crippen LogP contribution in [0.15, 0.2) is 18.2 Å². The molecule has 7 heteroatoms. The van der Waals surface area contributed by atoms with Gasteiger partial charge in [0.25, 0.3) is 5.91 Å². The Morgan fingerprint density at radius 2 is 2.07 bits per heavy atom. The lowest BCUT2D eigenvalue weighted by Crippen LogP contribution is -2.56. The highest BCUT2D eigenvalue weighted by Gasteiger charge is 2.42. The molecule has 1 unspecified atom stereocenters. The lowest BCUT2D eigenvalue weighted by molar-refractivity contribution is -0.136. The molecular formula is C20H26N4O3. The summed E-state index contributed by atoms with van der Waals surface area (Å²) in [5.74, 6) is -0.765. The topological polar surface area (TPSA) is 95.7 Å². The molecule has 144 valence electrons. The van der Waals surface area contributed by atoms with Gasteiger partial charge in [-0.2, -0.15) is 0 Å². The lowest BCUT2D eigenvalue weighted by Gasteiger charge is -2.48. The van der Waals surface area contributed by atoms with Gasteiger partial charge in [-0.15, -0.1) is 0 Å². The van der Waals surface area contributed by atoms with Gasteiger partial charge in [0.1, 0.15) is 6.04 Å². The van der Waals surface area contributed by atoms with E-state index in [4.69, 9.17) is 5.73 Å². The summed E-state index contributed by atoms with van der Waals surface area (Å²) >= 11 is 0. The Morgan fingerprint density at radius 1 is 1.30 bits per heavy atom. The average Bonchev–Trinajstić information content (AvgIpc) is 2.93. The Balaban J connectivity index is 1.56. The summed E-state index contributed by atoms with van der Waals surface area (Å²) < 4.78 is 0. The number of imide groups is 1. The van der Waals surface area contributed by atoms with Crippen molar-refractivity contribution < 1.29 is 14.4 Å². The van der Waals surface area contributed by atoms with Crippen LogP contribution in [0.5, 0.6) is 0 Å². The Kier molecular flexibility index (Phi) is 4.52. The third kappa shape index (κ3) is 2.95. The van der Waals surface area contributed by atoms with Crippen molar-refractivity contribution in [3.8, 4) is 0 Å². The molecule has 3 N–H and O–H groups in total. The van der Waals surface area contributed by atoms with E-state index in [0.29, 0.717) is 25.1 Å². The highest BCUT2D eigenvalue weighted by Crippen LogP contribution is 2.38. The molecule has 0 bridgehead atoms. The molecular weight excluding hydrogens is 344 g/mol. The number of amides is 3. The van der Waals surface area contributed by atoms with Crippen molar-refractivity contribution in [2.24, 2.45) is 5.73 Å². The number of fused-ring (bicyclic) bond motifs is 1. The summed E-state index contributed by atoms with van der Waals surface area (Å²) in [5.41, 5.74) is 8.86. The fraction of sp³-hybridized carbons (Fsp3) is 0.550. The van der Waals surface area contributed by atoms with Gasteiger partial charge in [-0.05, 0) is 49.9 Å². The smallest absolute Gasteiger partial charge is 0.255 e. The number of hydrogen-bond acceptors (Lipinski definition) is 5. The number of likely N-dealkylation sites (N-methyl/N-ethyl adjacent to an activating group) is 1. The van der Waals surface area contributed by atoms with Crippen molar-refractivity contribution in [3.05, 3.63) is 34.9 Å². The van der Waals surface area contributed by atoms with Gasteiger partial charge in [-0.25, -0.2) is 0 Å². The molecule has 2 fully saturated rings. The summed E-state index contributed by atoms with van der Waals surface area (Å²) in [6.07, 6.45) is 4.07. The van der Waals surface area contributed by atoms with Gasteiger partial charge in [-0.3, -0.25) is 24.6 Å². The van der Waals surface area contributed by atoms with Crippen LogP contribution in [0.25, 0.3) is 0 Å². The Bertz CT molecular complexity index is 797. The van der Waals surface area contributed by atoms with Gasteiger partial charge < -0.3 is 10.6 Å². The van der Waals surface area contributed by atoms with E-state index in [-0.39, 0.29) is 29.7 Å². The molecule has 2 aliphatic heterocycles. The zero-order valence-electron chi connectivity index (χ0n) is 15.7. The van der Waals surface area contributed by atoms with E-state index in [2.05, 4.69) is 23.3 Å². The molecule has 0 aromatic heterocycles. The molecule has 2 heterocycles. The summed E-state index contributed by atoms with van der Waals surface area (Å²) in [6.45, 7) is 1.79. The number of nitrogens with one attached hydrogen (secondary N) is 1. The maximum absolute atomic E-state index is 12.9. The maximum Gasteiger partial charge on any atom is 0.255 e. The standard InChI is InChI=1S/C20H26N4O3/c1-23(20(12-21)8-3-9-20)10-13-4-2-5-14-15(13)11-24(19(14)27)16-6-7-17(25)22-18(16)26/h2,4-5,16H,3,6-12,21H2,1H3,(H,22,25,26). The van der Waals surface area contributed by atoms with Crippen LogP contribution < -0.4 is 11.1 Å². The quantitative estimate of drug-likeness (QED) is 0.746. The number of nitrogens with two attached hydrogens (primary N) is 1. The average molecular weight is 370 g/mol. The minimum absolute atomic E-state index is 0.0641. The van der Waals surface area contributed by atoms with Crippen molar-refractivity contribution >= 4 is 17.7 Å². The SMILES string of the molecule is CN(Cc1cccc2c1CN(C1CCC(=O)NC1=O)C2=O)C1(CN)CCC1. The molecule has 1 aromatic carbocycles. The van der Waals surface area contributed by atoms with Crippen molar-refractivity contribution in [1.82, 2.24) is 15.1 Å². The van der Waals surface area contributed by atoms with Crippen LogP contribution in [0.1, 0.15) is 53.6 Å². The van der Waals surface area contributed by atoms with E-state index in [0.717, 1.165) is 30.5 Å². The van der Waals surface area contributed by atoms with Gasteiger partial charge in [0.05, 0.1) is 0 Å². The van der Waals surface area contributed by atoms with Gasteiger partial charge in [-0.1, -0.05) is 12.1 Å². The van der Waals surface area contributed by atoms with E-state index < -0.39 is 6.04 Å². The normalized spacial score (nSPS) is 24.0. The van der Waals surface area contributed by atoms with Gasteiger partial charge in [0, 0.05) is 37.2 Å². The Hall–Kier alpha value is -2.25. The molecule has 1 aromatic rings. The summed E-state index contributed by atoms with van der Waals surface area (Å²) in [4.78, 5) is 40.5. The number of piperidine rings is 1. The first kappa shape index (κ1) is 18.1. The van der Waals surface area contributed by atoms with E-state index in [1.54, 1.807) is 4.90 Å².